The standard InChI is InChI=1S/C20H23BrN2O4/c1-13(2)22-19(24)14-4-7-16(8-5-14)23-20(25)17-12-15(21)6-9-18(17)27-11-10-26-3/h4-9,12-13H,10-11H2,1-3H3,(H,22,24)(H,23,25). The summed E-state index contributed by atoms with van der Waals surface area (Å²) < 4.78 is 11.4. The maximum Gasteiger partial charge on any atom is 0.259 e. The average molecular weight is 435 g/mol. The second-order valence-electron chi connectivity index (χ2n) is 6.14. The Labute approximate surface area is 167 Å². The molecular formula is C20H23BrN2O4. The molecule has 6 nitrogen and oxygen atoms in total. The molecule has 0 heterocycles. The lowest BCUT2D eigenvalue weighted by Gasteiger charge is -2.13. The number of rotatable bonds is 8. The van der Waals surface area contributed by atoms with Gasteiger partial charge >= 0.3 is 0 Å². The van der Waals surface area contributed by atoms with Crippen molar-refractivity contribution in [1.29, 1.82) is 0 Å². The number of ether oxygens (including phenoxy) is 2. The van der Waals surface area contributed by atoms with Crippen LogP contribution in [0.1, 0.15) is 34.6 Å². The number of anilines is 1. The quantitative estimate of drug-likeness (QED) is 0.618. The highest BCUT2D eigenvalue weighted by atomic mass is 79.9. The van der Waals surface area contributed by atoms with Crippen LogP contribution in [-0.4, -0.2) is 38.2 Å². The topological polar surface area (TPSA) is 76.7 Å². The first-order valence-corrected chi connectivity index (χ1v) is 9.33. The molecule has 0 radical (unpaired) electrons. The first-order valence-electron chi connectivity index (χ1n) is 8.54. The number of carbonyl (C=O) groups is 2. The van der Waals surface area contributed by atoms with E-state index >= 15 is 0 Å². The van der Waals surface area contributed by atoms with E-state index in [9.17, 15) is 9.59 Å². The molecule has 0 aliphatic carbocycles. The number of nitrogens with one attached hydrogen (secondary N) is 2. The first-order chi connectivity index (χ1) is 12.9. The van der Waals surface area contributed by atoms with Crippen LogP contribution in [0.15, 0.2) is 46.9 Å². The molecule has 0 saturated heterocycles. The zero-order chi connectivity index (χ0) is 19.8. The van der Waals surface area contributed by atoms with Crippen molar-refractivity contribution in [2.45, 2.75) is 19.9 Å². The summed E-state index contributed by atoms with van der Waals surface area (Å²) >= 11 is 3.37. The molecule has 0 fully saturated rings. The number of amides is 2. The lowest BCUT2D eigenvalue weighted by atomic mass is 10.1. The number of hydrogen-bond acceptors (Lipinski definition) is 4. The minimum atomic E-state index is -0.303. The molecule has 2 rings (SSSR count). The van der Waals surface area contributed by atoms with Crippen LogP contribution in [0.2, 0.25) is 0 Å². The van der Waals surface area contributed by atoms with Crippen molar-refractivity contribution in [2.75, 3.05) is 25.6 Å². The van der Waals surface area contributed by atoms with Crippen LogP contribution in [0.4, 0.5) is 5.69 Å². The normalized spacial score (nSPS) is 10.6. The summed E-state index contributed by atoms with van der Waals surface area (Å²) in [5, 5.41) is 5.65. The zero-order valence-corrected chi connectivity index (χ0v) is 17.1. The first kappa shape index (κ1) is 20.9. The molecule has 2 aromatic rings. The largest absolute Gasteiger partial charge is 0.490 e. The van der Waals surface area contributed by atoms with E-state index in [1.807, 2.05) is 13.8 Å². The van der Waals surface area contributed by atoms with Crippen LogP contribution >= 0.6 is 15.9 Å². The van der Waals surface area contributed by atoms with E-state index in [0.29, 0.717) is 35.8 Å². The van der Waals surface area contributed by atoms with E-state index in [1.165, 1.54) is 0 Å². The van der Waals surface area contributed by atoms with Crippen molar-refractivity contribution in [2.24, 2.45) is 0 Å². The van der Waals surface area contributed by atoms with E-state index in [2.05, 4.69) is 26.6 Å². The molecule has 2 aromatic carbocycles. The smallest absolute Gasteiger partial charge is 0.259 e. The van der Waals surface area contributed by atoms with E-state index in [1.54, 1.807) is 49.6 Å². The molecule has 0 aliphatic heterocycles. The Morgan fingerprint density at radius 1 is 1.04 bits per heavy atom. The maximum atomic E-state index is 12.7. The molecule has 2 N–H and O–H groups in total. The molecule has 2 amide bonds. The summed E-state index contributed by atoms with van der Waals surface area (Å²) in [5.41, 5.74) is 1.53. The summed E-state index contributed by atoms with van der Waals surface area (Å²) in [5.74, 6) is 0.0208. The lowest BCUT2D eigenvalue weighted by molar-refractivity contribution is 0.0942. The van der Waals surface area contributed by atoms with E-state index in [0.717, 1.165) is 4.47 Å². The highest BCUT2D eigenvalue weighted by Crippen LogP contribution is 2.24. The summed E-state index contributed by atoms with van der Waals surface area (Å²) in [7, 11) is 1.59. The van der Waals surface area contributed by atoms with Crippen LogP contribution in [0.3, 0.4) is 0 Å². The second kappa shape index (κ2) is 10.1. The van der Waals surface area contributed by atoms with Gasteiger partial charge in [0.25, 0.3) is 11.8 Å². The minimum absolute atomic E-state index is 0.0601. The number of hydrogen-bond donors (Lipinski definition) is 2. The minimum Gasteiger partial charge on any atom is -0.490 e. The van der Waals surface area contributed by atoms with Gasteiger partial charge in [-0.2, -0.15) is 0 Å². The summed E-state index contributed by atoms with van der Waals surface area (Å²) in [4.78, 5) is 24.6. The Morgan fingerprint density at radius 2 is 1.74 bits per heavy atom. The Bertz CT molecular complexity index is 791. The van der Waals surface area contributed by atoms with Gasteiger partial charge in [0, 0.05) is 28.9 Å². The summed E-state index contributed by atoms with van der Waals surface area (Å²) in [6.45, 7) is 4.57. The fourth-order valence-electron chi connectivity index (χ4n) is 2.29. The number of benzene rings is 2. The SMILES string of the molecule is COCCOc1ccc(Br)cc1C(=O)Nc1ccc(C(=O)NC(C)C)cc1. The Balaban J connectivity index is 2.10. The van der Waals surface area contributed by atoms with Crippen molar-refractivity contribution in [3.8, 4) is 5.75 Å². The van der Waals surface area contributed by atoms with Gasteiger partial charge in [-0.05, 0) is 56.3 Å². The van der Waals surface area contributed by atoms with E-state index in [-0.39, 0.29) is 17.9 Å². The van der Waals surface area contributed by atoms with Crippen LogP contribution in [0, 0.1) is 0 Å². The molecule has 0 atom stereocenters. The Hall–Kier alpha value is -2.38. The summed E-state index contributed by atoms with van der Waals surface area (Å²) in [6.07, 6.45) is 0. The van der Waals surface area contributed by atoms with Gasteiger partial charge in [0.05, 0.1) is 12.2 Å². The van der Waals surface area contributed by atoms with Crippen LogP contribution < -0.4 is 15.4 Å². The van der Waals surface area contributed by atoms with Crippen molar-refractivity contribution in [3.05, 3.63) is 58.1 Å². The lowest BCUT2D eigenvalue weighted by Crippen LogP contribution is -2.30. The summed E-state index contributed by atoms with van der Waals surface area (Å²) in [6, 6.07) is 12.0. The third-order valence-corrected chi connectivity index (χ3v) is 4.05. The van der Waals surface area contributed by atoms with E-state index in [4.69, 9.17) is 9.47 Å². The monoisotopic (exact) mass is 434 g/mol. The second-order valence-corrected chi connectivity index (χ2v) is 7.06. The molecule has 0 spiro atoms. The van der Waals surface area contributed by atoms with Crippen LogP contribution in [0.5, 0.6) is 5.75 Å². The maximum absolute atomic E-state index is 12.7. The van der Waals surface area contributed by atoms with Crippen LogP contribution in [0.25, 0.3) is 0 Å². The van der Waals surface area contributed by atoms with Gasteiger partial charge in [-0.3, -0.25) is 9.59 Å². The van der Waals surface area contributed by atoms with Crippen molar-refractivity contribution in [1.82, 2.24) is 5.32 Å². The van der Waals surface area contributed by atoms with Gasteiger partial charge in [0.2, 0.25) is 0 Å². The fourth-order valence-corrected chi connectivity index (χ4v) is 2.65. The molecule has 144 valence electrons. The zero-order valence-electron chi connectivity index (χ0n) is 15.5. The molecule has 27 heavy (non-hydrogen) atoms. The number of methoxy groups -OCH3 is 1. The molecule has 0 aliphatic rings. The Morgan fingerprint density at radius 3 is 2.37 bits per heavy atom. The molecule has 0 unspecified atom stereocenters. The number of carbonyl (C=O) groups excluding carboxylic acids is 2. The van der Waals surface area contributed by atoms with Crippen molar-refractivity contribution >= 4 is 33.4 Å². The van der Waals surface area contributed by atoms with Crippen LogP contribution in [-0.2, 0) is 4.74 Å². The highest BCUT2D eigenvalue weighted by Gasteiger charge is 2.14. The fraction of sp³-hybridized carbons (Fsp3) is 0.300. The Kier molecular flexibility index (Phi) is 7.82. The highest BCUT2D eigenvalue weighted by molar-refractivity contribution is 9.10. The van der Waals surface area contributed by atoms with Gasteiger partial charge in [-0.15, -0.1) is 0 Å². The predicted molar refractivity (Wildman–Crippen MR) is 109 cm³/mol. The van der Waals surface area contributed by atoms with Gasteiger partial charge < -0.3 is 20.1 Å². The van der Waals surface area contributed by atoms with Gasteiger partial charge in [0.15, 0.2) is 0 Å². The van der Waals surface area contributed by atoms with Crippen molar-refractivity contribution in [3.63, 3.8) is 0 Å². The molecular weight excluding hydrogens is 412 g/mol. The van der Waals surface area contributed by atoms with Gasteiger partial charge in [-0.1, -0.05) is 15.9 Å². The average Bonchev–Trinajstić information content (AvgIpc) is 2.63. The molecule has 7 heteroatoms. The molecule has 0 saturated carbocycles. The van der Waals surface area contributed by atoms with Gasteiger partial charge in [0.1, 0.15) is 12.4 Å². The molecule has 0 bridgehead atoms. The third kappa shape index (κ3) is 6.37. The molecule has 0 aromatic heterocycles. The van der Waals surface area contributed by atoms with E-state index < -0.39 is 0 Å². The number of halogens is 1. The third-order valence-electron chi connectivity index (χ3n) is 3.56. The van der Waals surface area contributed by atoms with Gasteiger partial charge in [-0.25, -0.2) is 0 Å². The predicted octanol–water partition coefficient (Wildman–Crippen LogP) is 3.86. The van der Waals surface area contributed by atoms with Crippen molar-refractivity contribution < 1.29 is 19.1 Å².